The van der Waals surface area contributed by atoms with Crippen LogP contribution in [0, 0.1) is 0 Å². The van der Waals surface area contributed by atoms with Crippen molar-refractivity contribution in [2.24, 2.45) is 0 Å². The number of urea groups is 1. The van der Waals surface area contributed by atoms with Crippen LogP contribution in [-0.2, 0) is 9.59 Å². The van der Waals surface area contributed by atoms with E-state index in [2.05, 4.69) is 10.6 Å². The standard InChI is InChI=1S/C12H21N3O5/c16-8-9(11(18)19)14-12(20)13-5-4-10(17)15-6-2-1-3-7-15/h9,16H,1-8H2,(H,18,19)(H2,13,14,20)/t9-/m1/s1. The highest BCUT2D eigenvalue weighted by molar-refractivity contribution is 5.83. The second kappa shape index (κ2) is 8.36. The molecule has 1 aliphatic rings. The number of nitrogens with zero attached hydrogens (tertiary/aromatic N) is 1. The molecule has 0 bridgehead atoms. The second-order valence-electron chi connectivity index (χ2n) is 4.67. The minimum absolute atomic E-state index is 0.0121. The summed E-state index contributed by atoms with van der Waals surface area (Å²) in [5.74, 6) is -1.33. The first-order valence-electron chi connectivity index (χ1n) is 6.70. The van der Waals surface area contributed by atoms with Crippen molar-refractivity contribution in [3.63, 3.8) is 0 Å². The Hall–Kier alpha value is -1.83. The molecule has 1 fully saturated rings. The molecule has 1 atom stereocenters. The fourth-order valence-electron chi connectivity index (χ4n) is 1.98. The van der Waals surface area contributed by atoms with Crippen molar-refractivity contribution in [1.29, 1.82) is 0 Å². The highest BCUT2D eigenvalue weighted by Crippen LogP contribution is 2.09. The van der Waals surface area contributed by atoms with Crippen LogP contribution in [-0.4, -0.2) is 65.3 Å². The summed E-state index contributed by atoms with van der Waals surface area (Å²) in [5, 5.41) is 21.9. The van der Waals surface area contributed by atoms with Crippen molar-refractivity contribution in [1.82, 2.24) is 15.5 Å². The van der Waals surface area contributed by atoms with E-state index in [-0.39, 0.29) is 18.9 Å². The highest BCUT2D eigenvalue weighted by atomic mass is 16.4. The normalized spacial score (nSPS) is 16.4. The van der Waals surface area contributed by atoms with Gasteiger partial charge in [0, 0.05) is 26.1 Å². The zero-order valence-corrected chi connectivity index (χ0v) is 11.3. The van der Waals surface area contributed by atoms with Crippen LogP contribution in [0.4, 0.5) is 4.79 Å². The van der Waals surface area contributed by atoms with Gasteiger partial charge in [0.05, 0.1) is 6.61 Å². The third-order valence-corrected chi connectivity index (χ3v) is 3.12. The number of nitrogens with one attached hydrogen (secondary N) is 2. The number of carbonyl (C=O) groups is 3. The fourth-order valence-corrected chi connectivity index (χ4v) is 1.98. The largest absolute Gasteiger partial charge is 0.480 e. The van der Waals surface area contributed by atoms with E-state index in [4.69, 9.17) is 10.2 Å². The van der Waals surface area contributed by atoms with E-state index < -0.39 is 24.6 Å². The maximum Gasteiger partial charge on any atom is 0.328 e. The lowest BCUT2D eigenvalue weighted by Crippen LogP contribution is -2.48. The quantitative estimate of drug-likeness (QED) is 0.506. The van der Waals surface area contributed by atoms with Crippen molar-refractivity contribution >= 4 is 17.9 Å². The van der Waals surface area contributed by atoms with Crippen molar-refractivity contribution in [2.45, 2.75) is 31.7 Å². The molecule has 0 radical (unpaired) electrons. The number of rotatable bonds is 6. The molecule has 0 unspecified atom stereocenters. The van der Waals surface area contributed by atoms with Crippen molar-refractivity contribution in [3.05, 3.63) is 0 Å². The van der Waals surface area contributed by atoms with Gasteiger partial charge in [0.25, 0.3) is 0 Å². The number of carboxylic acid groups (broad SMARTS) is 1. The molecule has 1 saturated heterocycles. The second-order valence-corrected chi connectivity index (χ2v) is 4.67. The van der Waals surface area contributed by atoms with Crippen molar-refractivity contribution in [2.75, 3.05) is 26.2 Å². The van der Waals surface area contributed by atoms with Crippen LogP contribution in [0.2, 0.25) is 0 Å². The molecule has 1 aliphatic heterocycles. The summed E-state index contributed by atoms with van der Waals surface area (Å²) in [6, 6.07) is -2.05. The smallest absolute Gasteiger partial charge is 0.328 e. The van der Waals surface area contributed by atoms with Crippen LogP contribution in [0.25, 0.3) is 0 Å². The SMILES string of the molecule is O=C(NCCC(=O)N1CCCCC1)N[C@H](CO)C(=O)O. The van der Waals surface area contributed by atoms with E-state index in [1.807, 2.05) is 0 Å². The van der Waals surface area contributed by atoms with Crippen LogP contribution in [0.15, 0.2) is 0 Å². The summed E-state index contributed by atoms with van der Waals surface area (Å²) in [7, 11) is 0. The number of aliphatic hydroxyl groups is 1. The maximum atomic E-state index is 11.8. The van der Waals surface area contributed by atoms with Crippen LogP contribution in [0.3, 0.4) is 0 Å². The molecule has 114 valence electrons. The number of piperidine rings is 1. The van der Waals surface area contributed by atoms with Gasteiger partial charge in [-0.25, -0.2) is 9.59 Å². The highest BCUT2D eigenvalue weighted by Gasteiger charge is 2.19. The summed E-state index contributed by atoms with van der Waals surface area (Å²) in [6.07, 6.45) is 3.35. The minimum Gasteiger partial charge on any atom is -0.480 e. The number of aliphatic hydroxyl groups excluding tert-OH is 1. The molecule has 0 aromatic heterocycles. The van der Waals surface area contributed by atoms with Crippen molar-refractivity contribution in [3.8, 4) is 0 Å². The van der Waals surface area contributed by atoms with Gasteiger partial charge in [-0.2, -0.15) is 0 Å². The van der Waals surface area contributed by atoms with E-state index >= 15 is 0 Å². The number of carboxylic acids is 1. The van der Waals surface area contributed by atoms with Crippen LogP contribution in [0.1, 0.15) is 25.7 Å². The first-order valence-corrected chi connectivity index (χ1v) is 6.70. The lowest BCUT2D eigenvalue weighted by atomic mass is 10.1. The predicted octanol–water partition coefficient (Wildman–Crippen LogP) is -0.866. The van der Waals surface area contributed by atoms with Crippen molar-refractivity contribution < 1.29 is 24.6 Å². The molecule has 1 rings (SSSR count). The van der Waals surface area contributed by atoms with E-state index in [1.165, 1.54) is 0 Å². The third-order valence-electron chi connectivity index (χ3n) is 3.12. The summed E-state index contributed by atoms with van der Waals surface area (Å²) in [6.45, 7) is 0.974. The predicted molar refractivity (Wildman–Crippen MR) is 70.1 cm³/mol. The topological polar surface area (TPSA) is 119 Å². The molecule has 0 aromatic carbocycles. The van der Waals surface area contributed by atoms with E-state index in [9.17, 15) is 14.4 Å². The average Bonchev–Trinajstić information content (AvgIpc) is 2.45. The molecular formula is C12H21N3O5. The van der Waals surface area contributed by atoms with Crippen LogP contribution < -0.4 is 10.6 Å². The Bertz CT molecular complexity index is 355. The van der Waals surface area contributed by atoms with E-state index in [0.29, 0.717) is 0 Å². The van der Waals surface area contributed by atoms with E-state index in [0.717, 1.165) is 32.4 Å². The minimum atomic E-state index is -1.34. The summed E-state index contributed by atoms with van der Waals surface area (Å²) >= 11 is 0. The summed E-state index contributed by atoms with van der Waals surface area (Å²) < 4.78 is 0. The van der Waals surface area contributed by atoms with Gasteiger partial charge >= 0.3 is 12.0 Å². The zero-order chi connectivity index (χ0) is 15.0. The molecular weight excluding hydrogens is 266 g/mol. The Labute approximate surface area is 117 Å². The molecule has 0 aromatic rings. The summed E-state index contributed by atoms with van der Waals surface area (Å²) in [5.41, 5.74) is 0. The van der Waals surface area contributed by atoms with Gasteiger partial charge in [-0.15, -0.1) is 0 Å². The number of amides is 3. The Morgan fingerprint density at radius 3 is 2.35 bits per heavy atom. The molecule has 1 heterocycles. The molecule has 3 amide bonds. The lowest BCUT2D eigenvalue weighted by molar-refractivity contribution is -0.140. The van der Waals surface area contributed by atoms with Crippen LogP contribution in [0.5, 0.6) is 0 Å². The average molecular weight is 287 g/mol. The summed E-state index contributed by atoms with van der Waals surface area (Å²) in [4.78, 5) is 35.5. The zero-order valence-electron chi connectivity index (χ0n) is 11.3. The Morgan fingerprint density at radius 1 is 1.15 bits per heavy atom. The third kappa shape index (κ3) is 5.43. The molecule has 20 heavy (non-hydrogen) atoms. The van der Waals surface area contributed by atoms with Gasteiger partial charge in [0.1, 0.15) is 0 Å². The molecule has 4 N–H and O–H groups in total. The fraction of sp³-hybridized carbons (Fsp3) is 0.750. The van der Waals surface area contributed by atoms with Gasteiger partial charge in [-0.3, -0.25) is 4.79 Å². The van der Waals surface area contributed by atoms with Gasteiger partial charge in [-0.1, -0.05) is 0 Å². The molecule has 0 spiro atoms. The Balaban J connectivity index is 2.20. The first-order chi connectivity index (χ1) is 9.54. The van der Waals surface area contributed by atoms with Gasteiger partial charge < -0.3 is 25.7 Å². The number of hydrogen-bond donors (Lipinski definition) is 4. The number of aliphatic carboxylic acids is 1. The van der Waals surface area contributed by atoms with Crippen LogP contribution >= 0.6 is 0 Å². The van der Waals surface area contributed by atoms with Gasteiger partial charge in [0.2, 0.25) is 5.91 Å². The Kier molecular flexibility index (Phi) is 6.78. The molecule has 0 saturated carbocycles. The van der Waals surface area contributed by atoms with E-state index in [1.54, 1.807) is 4.90 Å². The monoisotopic (exact) mass is 287 g/mol. The number of hydrogen-bond acceptors (Lipinski definition) is 4. The first kappa shape index (κ1) is 16.2. The molecule has 8 heteroatoms. The van der Waals surface area contributed by atoms with Gasteiger partial charge in [0.15, 0.2) is 6.04 Å². The number of carbonyl (C=O) groups excluding carboxylic acids is 2. The lowest BCUT2D eigenvalue weighted by Gasteiger charge is -2.26. The molecule has 0 aliphatic carbocycles. The Morgan fingerprint density at radius 2 is 1.80 bits per heavy atom. The molecule has 8 nitrogen and oxygen atoms in total. The van der Waals surface area contributed by atoms with Gasteiger partial charge in [-0.05, 0) is 19.3 Å². The maximum absolute atomic E-state index is 11.8. The number of likely N-dealkylation sites (tertiary alicyclic amines) is 1.